The maximum atomic E-state index is 5.91. The molecule has 1 aliphatic rings. The zero-order chi connectivity index (χ0) is 11.5. The Morgan fingerprint density at radius 1 is 1.56 bits per heavy atom. The molecule has 2 N–H and O–H groups in total. The second-order valence-electron chi connectivity index (χ2n) is 4.05. The number of benzene rings is 1. The summed E-state index contributed by atoms with van der Waals surface area (Å²) < 4.78 is 6.63. The lowest BCUT2D eigenvalue weighted by Gasteiger charge is -2.10. The zero-order valence-corrected chi connectivity index (χ0v) is 10.8. The average Bonchev–Trinajstić information content (AvgIpc) is 3.05. The van der Waals surface area contributed by atoms with Gasteiger partial charge in [-0.2, -0.15) is 0 Å². The summed E-state index contributed by atoms with van der Waals surface area (Å²) in [5, 5.41) is 0. The molecular formula is C12H15BrN2O. The molecule has 3 nitrogen and oxygen atoms in total. The molecule has 0 spiro atoms. The summed E-state index contributed by atoms with van der Waals surface area (Å²) in [5.74, 6) is 1.56. The van der Waals surface area contributed by atoms with E-state index in [0.29, 0.717) is 5.69 Å². The molecule has 1 saturated carbocycles. The summed E-state index contributed by atoms with van der Waals surface area (Å²) in [5.41, 5.74) is 7.51. The summed E-state index contributed by atoms with van der Waals surface area (Å²) in [6.45, 7) is 0.791. The second-order valence-corrected chi connectivity index (χ2v) is 4.91. The van der Waals surface area contributed by atoms with Gasteiger partial charge in [0.15, 0.2) is 0 Å². The van der Waals surface area contributed by atoms with Gasteiger partial charge >= 0.3 is 0 Å². The van der Waals surface area contributed by atoms with Gasteiger partial charge in [0.2, 0.25) is 0 Å². The Hall–Kier alpha value is -1.03. The van der Waals surface area contributed by atoms with Crippen LogP contribution in [0, 0.1) is 5.92 Å². The van der Waals surface area contributed by atoms with Gasteiger partial charge in [0.05, 0.1) is 11.1 Å². The highest BCUT2D eigenvalue weighted by Gasteiger charge is 2.22. The Kier molecular flexibility index (Phi) is 3.49. The monoisotopic (exact) mass is 282 g/mol. The van der Waals surface area contributed by atoms with Crippen LogP contribution in [0.25, 0.3) is 0 Å². The highest BCUT2D eigenvalue weighted by molar-refractivity contribution is 9.10. The summed E-state index contributed by atoms with van der Waals surface area (Å²) in [4.78, 5) is 3.96. The first-order chi connectivity index (χ1) is 7.70. The lowest BCUT2D eigenvalue weighted by molar-refractivity contribution is 0.298. The average molecular weight is 283 g/mol. The van der Waals surface area contributed by atoms with E-state index < -0.39 is 0 Å². The van der Waals surface area contributed by atoms with Gasteiger partial charge in [0.1, 0.15) is 5.75 Å². The van der Waals surface area contributed by atoms with E-state index in [-0.39, 0.29) is 0 Å². The number of nitrogens with zero attached hydrogens (tertiary/aromatic N) is 1. The SMILES string of the molecule is CN=Cc1cc(Br)c(OCC2CC2)cc1N. The van der Waals surface area contributed by atoms with Crippen LogP contribution in [0.5, 0.6) is 5.75 Å². The summed E-state index contributed by atoms with van der Waals surface area (Å²) in [7, 11) is 1.73. The molecule has 0 heterocycles. The summed E-state index contributed by atoms with van der Waals surface area (Å²) in [6.07, 6.45) is 4.31. The first kappa shape index (κ1) is 11.5. The van der Waals surface area contributed by atoms with Gasteiger partial charge in [-0.15, -0.1) is 0 Å². The molecule has 0 aromatic heterocycles. The van der Waals surface area contributed by atoms with Crippen molar-refractivity contribution in [2.75, 3.05) is 19.4 Å². The zero-order valence-electron chi connectivity index (χ0n) is 9.24. The molecule has 4 heteroatoms. The third-order valence-corrected chi connectivity index (χ3v) is 3.20. The van der Waals surface area contributed by atoms with Gasteiger partial charge in [0.25, 0.3) is 0 Å². The van der Waals surface area contributed by atoms with E-state index in [9.17, 15) is 0 Å². The van der Waals surface area contributed by atoms with Crippen LogP contribution in [0.1, 0.15) is 18.4 Å². The lowest BCUT2D eigenvalue weighted by atomic mass is 10.2. The van der Waals surface area contributed by atoms with Gasteiger partial charge in [-0.05, 0) is 40.8 Å². The van der Waals surface area contributed by atoms with Crippen LogP contribution in [-0.2, 0) is 0 Å². The standard InChI is InChI=1S/C12H15BrN2O/c1-15-6-9-4-10(13)12(5-11(9)14)16-7-8-2-3-8/h4-6,8H,2-3,7,14H2,1H3. The van der Waals surface area contributed by atoms with Crippen molar-refractivity contribution in [2.24, 2.45) is 10.9 Å². The molecule has 16 heavy (non-hydrogen) atoms. The topological polar surface area (TPSA) is 47.6 Å². The predicted molar refractivity (Wildman–Crippen MR) is 70.3 cm³/mol. The fourth-order valence-electron chi connectivity index (χ4n) is 1.44. The van der Waals surface area contributed by atoms with Crippen LogP contribution in [0.15, 0.2) is 21.6 Å². The molecule has 1 aromatic rings. The maximum absolute atomic E-state index is 5.91. The minimum absolute atomic E-state index is 0.694. The third kappa shape index (κ3) is 2.76. The molecule has 2 rings (SSSR count). The maximum Gasteiger partial charge on any atom is 0.135 e. The highest BCUT2D eigenvalue weighted by atomic mass is 79.9. The predicted octanol–water partition coefficient (Wildman–Crippen LogP) is 2.87. The number of anilines is 1. The Bertz CT molecular complexity index is 414. The minimum atomic E-state index is 0.694. The van der Waals surface area contributed by atoms with Crippen molar-refractivity contribution in [1.29, 1.82) is 0 Å². The third-order valence-electron chi connectivity index (χ3n) is 2.58. The molecule has 0 aliphatic heterocycles. The van der Waals surface area contributed by atoms with E-state index in [4.69, 9.17) is 10.5 Å². The molecule has 0 saturated heterocycles. The number of rotatable bonds is 4. The molecule has 1 aliphatic carbocycles. The van der Waals surface area contributed by atoms with Crippen molar-refractivity contribution in [3.8, 4) is 5.75 Å². The molecule has 86 valence electrons. The van der Waals surface area contributed by atoms with E-state index >= 15 is 0 Å². The van der Waals surface area contributed by atoms with Gasteiger partial charge in [0, 0.05) is 30.6 Å². The van der Waals surface area contributed by atoms with Crippen molar-refractivity contribution >= 4 is 27.8 Å². The number of aliphatic imine (C=N–C) groups is 1. The molecule has 0 unspecified atom stereocenters. The van der Waals surface area contributed by atoms with Crippen molar-refractivity contribution in [2.45, 2.75) is 12.8 Å². The molecule has 0 amide bonds. The van der Waals surface area contributed by atoms with Gasteiger partial charge in [-0.25, -0.2) is 0 Å². The number of hydrogen-bond acceptors (Lipinski definition) is 3. The van der Waals surface area contributed by atoms with Crippen LogP contribution in [0.3, 0.4) is 0 Å². The number of ether oxygens (including phenoxy) is 1. The summed E-state index contributed by atoms with van der Waals surface area (Å²) >= 11 is 3.48. The number of halogens is 1. The van der Waals surface area contributed by atoms with Crippen LogP contribution >= 0.6 is 15.9 Å². The fourth-order valence-corrected chi connectivity index (χ4v) is 1.91. The number of nitrogen functional groups attached to an aromatic ring is 1. The fraction of sp³-hybridized carbons (Fsp3) is 0.417. The Balaban J connectivity index is 2.15. The van der Waals surface area contributed by atoms with E-state index in [2.05, 4.69) is 20.9 Å². The lowest BCUT2D eigenvalue weighted by Crippen LogP contribution is -2.02. The van der Waals surface area contributed by atoms with E-state index in [1.807, 2.05) is 12.1 Å². The molecule has 0 bridgehead atoms. The van der Waals surface area contributed by atoms with E-state index in [0.717, 1.165) is 28.3 Å². The first-order valence-corrected chi connectivity index (χ1v) is 6.14. The van der Waals surface area contributed by atoms with Crippen molar-refractivity contribution < 1.29 is 4.74 Å². The molecule has 1 fully saturated rings. The summed E-state index contributed by atoms with van der Waals surface area (Å²) in [6, 6.07) is 3.79. The number of hydrogen-bond donors (Lipinski definition) is 1. The Labute approximate surface area is 104 Å². The van der Waals surface area contributed by atoms with Gasteiger partial charge in [-0.1, -0.05) is 0 Å². The van der Waals surface area contributed by atoms with Crippen LogP contribution in [-0.4, -0.2) is 19.9 Å². The van der Waals surface area contributed by atoms with Crippen molar-refractivity contribution in [3.05, 3.63) is 22.2 Å². The molecule has 0 radical (unpaired) electrons. The van der Waals surface area contributed by atoms with Crippen molar-refractivity contribution in [3.63, 3.8) is 0 Å². The van der Waals surface area contributed by atoms with E-state index in [1.54, 1.807) is 13.3 Å². The largest absolute Gasteiger partial charge is 0.492 e. The van der Waals surface area contributed by atoms with E-state index in [1.165, 1.54) is 12.8 Å². The molecule has 0 atom stereocenters. The van der Waals surface area contributed by atoms with Crippen LogP contribution in [0.4, 0.5) is 5.69 Å². The first-order valence-electron chi connectivity index (χ1n) is 5.34. The van der Waals surface area contributed by atoms with Gasteiger partial charge < -0.3 is 10.5 Å². The second kappa shape index (κ2) is 4.87. The molecular weight excluding hydrogens is 268 g/mol. The Morgan fingerprint density at radius 3 is 2.94 bits per heavy atom. The minimum Gasteiger partial charge on any atom is -0.492 e. The van der Waals surface area contributed by atoms with Gasteiger partial charge in [-0.3, -0.25) is 4.99 Å². The quantitative estimate of drug-likeness (QED) is 0.682. The normalized spacial score (nSPS) is 15.6. The van der Waals surface area contributed by atoms with Crippen LogP contribution < -0.4 is 10.5 Å². The smallest absolute Gasteiger partial charge is 0.135 e. The number of nitrogens with two attached hydrogens (primary N) is 1. The molecule has 1 aromatic carbocycles. The van der Waals surface area contributed by atoms with Crippen LogP contribution in [0.2, 0.25) is 0 Å². The highest BCUT2D eigenvalue weighted by Crippen LogP contribution is 2.33. The Morgan fingerprint density at radius 2 is 2.31 bits per heavy atom. The van der Waals surface area contributed by atoms with Crippen molar-refractivity contribution in [1.82, 2.24) is 0 Å².